The molecule has 0 aromatic rings. The molecule has 1 fully saturated rings. The van der Waals surface area contributed by atoms with Crippen molar-refractivity contribution in [2.24, 2.45) is 0 Å². The van der Waals surface area contributed by atoms with Gasteiger partial charge in [0.25, 0.3) is 0 Å². The fourth-order valence-corrected chi connectivity index (χ4v) is 2.79. The first-order valence-corrected chi connectivity index (χ1v) is 7.29. The molecule has 0 heterocycles. The van der Waals surface area contributed by atoms with Crippen LogP contribution in [-0.2, 0) is 4.79 Å². The predicted octanol–water partition coefficient (Wildman–Crippen LogP) is 1.44. The zero-order valence-corrected chi connectivity index (χ0v) is 10.9. The molecule has 1 aliphatic rings. The Kier molecular flexibility index (Phi) is 6.38. The van der Waals surface area contributed by atoms with Crippen LogP contribution in [0.5, 0.6) is 0 Å². The number of rotatable bonds is 6. The van der Waals surface area contributed by atoms with Gasteiger partial charge in [-0.15, -0.1) is 0 Å². The van der Waals surface area contributed by atoms with Crippen LogP contribution in [0.4, 0.5) is 0 Å². The lowest BCUT2D eigenvalue weighted by Crippen LogP contribution is -2.49. The first-order valence-electron chi connectivity index (χ1n) is 6.13. The quantitative estimate of drug-likeness (QED) is 0.705. The summed E-state index contributed by atoms with van der Waals surface area (Å²) in [6.07, 6.45) is 5.45. The maximum Gasteiger partial charge on any atom is 0.231 e. The van der Waals surface area contributed by atoms with Crippen LogP contribution in [-0.4, -0.2) is 34.7 Å². The van der Waals surface area contributed by atoms with Gasteiger partial charge >= 0.3 is 0 Å². The molecule has 0 saturated heterocycles. The van der Waals surface area contributed by atoms with E-state index in [2.05, 4.69) is 11.4 Å². The molecule has 0 radical (unpaired) electrons. The zero-order chi connectivity index (χ0) is 12.6. The van der Waals surface area contributed by atoms with Crippen molar-refractivity contribution < 1.29 is 9.90 Å². The standard InChI is InChI=1S/C12H20N2O2S/c13-10-12(5-2-1-3-6-12)14-11(16)9-17-8-4-7-15/h15H,1-9H2,(H,14,16). The van der Waals surface area contributed by atoms with Gasteiger partial charge in [0.1, 0.15) is 5.54 Å². The maximum absolute atomic E-state index is 11.7. The van der Waals surface area contributed by atoms with Crippen LogP contribution in [0.2, 0.25) is 0 Å². The second-order valence-corrected chi connectivity index (χ2v) is 5.54. The maximum atomic E-state index is 11.7. The van der Waals surface area contributed by atoms with E-state index in [-0.39, 0.29) is 12.5 Å². The molecule has 0 unspecified atom stereocenters. The summed E-state index contributed by atoms with van der Waals surface area (Å²) in [6.45, 7) is 0.163. The van der Waals surface area contributed by atoms with Crippen molar-refractivity contribution in [1.29, 1.82) is 5.26 Å². The van der Waals surface area contributed by atoms with Gasteiger partial charge in [0.05, 0.1) is 11.8 Å². The van der Waals surface area contributed by atoms with Crippen LogP contribution < -0.4 is 5.32 Å². The summed E-state index contributed by atoms with van der Waals surface area (Å²) in [5.41, 5.74) is -0.618. The molecule has 1 saturated carbocycles. The van der Waals surface area contributed by atoms with Crippen molar-refractivity contribution in [2.75, 3.05) is 18.1 Å². The zero-order valence-electron chi connectivity index (χ0n) is 10.1. The van der Waals surface area contributed by atoms with E-state index in [0.717, 1.165) is 37.9 Å². The lowest BCUT2D eigenvalue weighted by atomic mass is 9.83. The minimum absolute atomic E-state index is 0.0589. The Bertz CT molecular complexity index is 283. The topological polar surface area (TPSA) is 73.1 Å². The number of carbonyl (C=O) groups excluding carboxylic acids is 1. The molecule has 4 nitrogen and oxygen atoms in total. The molecule has 1 aliphatic carbocycles. The molecule has 0 atom stereocenters. The number of aliphatic hydroxyl groups is 1. The van der Waals surface area contributed by atoms with Crippen molar-refractivity contribution in [2.45, 2.75) is 44.1 Å². The van der Waals surface area contributed by atoms with Crippen molar-refractivity contribution in [3.05, 3.63) is 0 Å². The first kappa shape index (κ1) is 14.3. The number of nitrogens with one attached hydrogen (secondary N) is 1. The van der Waals surface area contributed by atoms with Crippen molar-refractivity contribution in [3.63, 3.8) is 0 Å². The summed E-state index contributed by atoms with van der Waals surface area (Å²) in [4.78, 5) is 11.7. The Balaban J connectivity index is 2.30. The highest BCUT2D eigenvalue weighted by Crippen LogP contribution is 2.27. The third kappa shape index (κ3) is 4.97. The Labute approximate surface area is 107 Å². The molecule has 0 spiro atoms. The van der Waals surface area contributed by atoms with Gasteiger partial charge in [0, 0.05) is 6.61 Å². The number of amides is 1. The summed E-state index contributed by atoms with van der Waals surface area (Å²) in [6, 6.07) is 2.27. The average molecular weight is 256 g/mol. The van der Waals surface area contributed by atoms with Gasteiger partial charge < -0.3 is 10.4 Å². The molecule has 17 heavy (non-hydrogen) atoms. The lowest BCUT2D eigenvalue weighted by Gasteiger charge is -2.31. The van der Waals surface area contributed by atoms with E-state index in [1.54, 1.807) is 0 Å². The summed E-state index contributed by atoms with van der Waals surface area (Å²) in [5.74, 6) is 1.10. The molecule has 1 rings (SSSR count). The van der Waals surface area contributed by atoms with E-state index >= 15 is 0 Å². The van der Waals surface area contributed by atoms with Gasteiger partial charge in [-0.2, -0.15) is 17.0 Å². The summed E-state index contributed by atoms with van der Waals surface area (Å²) < 4.78 is 0. The van der Waals surface area contributed by atoms with E-state index in [1.807, 2.05) is 0 Å². The SMILES string of the molecule is N#CC1(NC(=O)CSCCCO)CCCCC1. The number of nitriles is 1. The number of hydrogen-bond donors (Lipinski definition) is 2. The van der Waals surface area contributed by atoms with E-state index in [1.165, 1.54) is 11.8 Å². The highest BCUT2D eigenvalue weighted by atomic mass is 32.2. The summed E-state index contributed by atoms with van der Waals surface area (Å²) >= 11 is 1.50. The van der Waals surface area contributed by atoms with Gasteiger partial charge in [-0.1, -0.05) is 19.3 Å². The largest absolute Gasteiger partial charge is 0.396 e. The molecule has 0 aliphatic heterocycles. The van der Waals surface area contributed by atoms with E-state index < -0.39 is 5.54 Å². The third-order valence-corrected chi connectivity index (χ3v) is 4.02. The molecular weight excluding hydrogens is 236 g/mol. The second-order valence-electron chi connectivity index (χ2n) is 4.43. The van der Waals surface area contributed by atoms with Gasteiger partial charge in [-0.05, 0) is 25.0 Å². The van der Waals surface area contributed by atoms with Gasteiger partial charge in [0.15, 0.2) is 0 Å². The summed E-state index contributed by atoms with van der Waals surface area (Å²) in [5, 5.41) is 20.7. The molecular formula is C12H20N2O2S. The summed E-state index contributed by atoms with van der Waals surface area (Å²) in [7, 11) is 0. The van der Waals surface area contributed by atoms with E-state index in [4.69, 9.17) is 5.11 Å². The number of nitrogens with zero attached hydrogens (tertiary/aromatic N) is 1. The van der Waals surface area contributed by atoms with E-state index in [9.17, 15) is 10.1 Å². The molecule has 1 amide bonds. The molecule has 5 heteroatoms. The second kappa shape index (κ2) is 7.57. The van der Waals surface area contributed by atoms with E-state index in [0.29, 0.717) is 12.2 Å². The lowest BCUT2D eigenvalue weighted by molar-refractivity contribution is -0.120. The van der Waals surface area contributed by atoms with Crippen molar-refractivity contribution >= 4 is 17.7 Å². The normalized spacial score (nSPS) is 18.4. The minimum atomic E-state index is -0.618. The van der Waals surface area contributed by atoms with Gasteiger partial charge in [0.2, 0.25) is 5.91 Å². The Morgan fingerprint density at radius 2 is 2.12 bits per heavy atom. The van der Waals surface area contributed by atoms with Crippen LogP contribution in [0.15, 0.2) is 0 Å². The number of carbonyl (C=O) groups is 1. The minimum Gasteiger partial charge on any atom is -0.396 e. The Morgan fingerprint density at radius 3 is 2.71 bits per heavy atom. The van der Waals surface area contributed by atoms with Gasteiger partial charge in [-0.3, -0.25) is 4.79 Å². The molecule has 0 bridgehead atoms. The smallest absolute Gasteiger partial charge is 0.231 e. The van der Waals surface area contributed by atoms with Gasteiger partial charge in [-0.25, -0.2) is 0 Å². The fraction of sp³-hybridized carbons (Fsp3) is 0.833. The fourth-order valence-electron chi connectivity index (χ4n) is 2.05. The monoisotopic (exact) mass is 256 g/mol. The molecule has 2 N–H and O–H groups in total. The number of aliphatic hydroxyl groups excluding tert-OH is 1. The number of hydrogen-bond acceptors (Lipinski definition) is 4. The van der Waals surface area contributed by atoms with Crippen LogP contribution in [0.25, 0.3) is 0 Å². The molecule has 96 valence electrons. The van der Waals surface area contributed by atoms with Crippen molar-refractivity contribution in [3.8, 4) is 6.07 Å². The average Bonchev–Trinajstić information content (AvgIpc) is 2.36. The predicted molar refractivity (Wildman–Crippen MR) is 68.6 cm³/mol. The van der Waals surface area contributed by atoms with Crippen LogP contribution in [0.3, 0.4) is 0 Å². The van der Waals surface area contributed by atoms with Crippen LogP contribution >= 0.6 is 11.8 Å². The van der Waals surface area contributed by atoms with Crippen LogP contribution in [0.1, 0.15) is 38.5 Å². The van der Waals surface area contributed by atoms with Crippen LogP contribution in [0, 0.1) is 11.3 Å². The number of thioether (sulfide) groups is 1. The highest BCUT2D eigenvalue weighted by molar-refractivity contribution is 7.99. The molecule has 0 aromatic heterocycles. The third-order valence-electron chi connectivity index (χ3n) is 2.98. The first-order chi connectivity index (χ1) is 8.22. The molecule has 0 aromatic carbocycles. The Morgan fingerprint density at radius 1 is 1.41 bits per heavy atom. The van der Waals surface area contributed by atoms with Crippen molar-refractivity contribution in [1.82, 2.24) is 5.32 Å². The highest BCUT2D eigenvalue weighted by Gasteiger charge is 2.33. The Hall–Kier alpha value is -0.730.